The number of hydrogen-bond donors (Lipinski definition) is 2. The Kier molecular flexibility index (Phi) is 7.29. The predicted octanol–water partition coefficient (Wildman–Crippen LogP) is 3.21. The van der Waals surface area contributed by atoms with E-state index >= 15 is 0 Å². The van der Waals surface area contributed by atoms with Crippen molar-refractivity contribution in [3.05, 3.63) is 41.3 Å². The second-order valence-corrected chi connectivity index (χ2v) is 9.86. The third-order valence-electron chi connectivity index (χ3n) is 5.14. The molecular weight excluding hydrogens is 437 g/mol. The Morgan fingerprint density at radius 2 is 1.69 bits per heavy atom. The summed E-state index contributed by atoms with van der Waals surface area (Å²) in [6.07, 6.45) is 1.08. The number of morpholine rings is 1. The topological polar surface area (TPSA) is 114 Å². The third kappa shape index (κ3) is 5.52. The highest BCUT2D eigenvalue weighted by Gasteiger charge is 2.24. The van der Waals surface area contributed by atoms with E-state index in [0.29, 0.717) is 48.9 Å². The molecule has 11 heteroatoms. The minimum Gasteiger partial charge on any atom is -0.378 e. The van der Waals surface area contributed by atoms with E-state index in [4.69, 9.17) is 4.74 Å². The Balaban J connectivity index is 1.83. The van der Waals surface area contributed by atoms with E-state index in [0.717, 1.165) is 6.20 Å². The van der Waals surface area contributed by atoms with Crippen molar-refractivity contribution in [2.45, 2.75) is 44.4 Å². The van der Waals surface area contributed by atoms with Gasteiger partial charge in [-0.15, -0.1) is 5.10 Å². The number of benzene rings is 1. The zero-order valence-electron chi connectivity index (χ0n) is 18.6. The van der Waals surface area contributed by atoms with Crippen molar-refractivity contribution in [1.82, 2.24) is 14.9 Å². The normalized spacial score (nSPS) is 14.7. The smallest absolute Gasteiger partial charge is 0.333 e. The van der Waals surface area contributed by atoms with Gasteiger partial charge in [-0.1, -0.05) is 27.7 Å². The number of rotatable bonds is 6. The Labute approximate surface area is 187 Å². The molecule has 1 aromatic carbocycles. The van der Waals surface area contributed by atoms with Gasteiger partial charge >= 0.3 is 6.03 Å². The van der Waals surface area contributed by atoms with Gasteiger partial charge in [0.25, 0.3) is 10.0 Å². The first kappa shape index (κ1) is 23.9. The standard InChI is InChI=1S/C21H28FN5O4S/c1-13(2)17-9-15(22)10-18(14(3)4)20(17)24-21(28)26-32(29,30)16-11-19(25-23-12-16)27-5-7-31-8-6-27/h9-14H,5-8H2,1-4H3,(H2,24,26,28). The van der Waals surface area contributed by atoms with E-state index in [1.807, 2.05) is 37.3 Å². The van der Waals surface area contributed by atoms with E-state index in [-0.39, 0.29) is 16.7 Å². The summed E-state index contributed by atoms with van der Waals surface area (Å²) in [5, 5.41) is 10.4. The van der Waals surface area contributed by atoms with Crippen molar-refractivity contribution in [3.8, 4) is 0 Å². The fourth-order valence-corrected chi connectivity index (χ4v) is 4.32. The molecule has 2 heterocycles. The van der Waals surface area contributed by atoms with E-state index in [9.17, 15) is 17.6 Å². The van der Waals surface area contributed by atoms with Gasteiger partial charge in [-0.2, -0.15) is 5.10 Å². The van der Waals surface area contributed by atoms with Crippen LogP contribution in [0.15, 0.2) is 29.3 Å². The van der Waals surface area contributed by atoms with Crippen LogP contribution in [0.2, 0.25) is 0 Å². The van der Waals surface area contributed by atoms with Crippen LogP contribution in [-0.4, -0.2) is 50.9 Å². The van der Waals surface area contributed by atoms with Crippen molar-refractivity contribution in [2.24, 2.45) is 0 Å². The van der Waals surface area contributed by atoms with Gasteiger partial charge in [0.1, 0.15) is 10.7 Å². The molecule has 1 aliphatic rings. The molecule has 2 amide bonds. The minimum absolute atomic E-state index is 0.0874. The van der Waals surface area contributed by atoms with Gasteiger partial charge in [-0.25, -0.2) is 22.3 Å². The highest BCUT2D eigenvalue weighted by atomic mass is 32.2. The fourth-order valence-electron chi connectivity index (χ4n) is 3.46. The van der Waals surface area contributed by atoms with Crippen LogP contribution in [0.3, 0.4) is 0 Å². The average Bonchev–Trinajstić information content (AvgIpc) is 2.74. The molecule has 174 valence electrons. The monoisotopic (exact) mass is 465 g/mol. The zero-order valence-corrected chi connectivity index (χ0v) is 19.4. The van der Waals surface area contributed by atoms with Gasteiger partial charge in [0.15, 0.2) is 5.82 Å². The molecule has 3 rings (SSSR count). The largest absolute Gasteiger partial charge is 0.378 e. The molecule has 0 atom stereocenters. The molecule has 9 nitrogen and oxygen atoms in total. The summed E-state index contributed by atoms with van der Waals surface area (Å²) >= 11 is 0. The van der Waals surface area contributed by atoms with Gasteiger partial charge in [0.05, 0.1) is 19.4 Å². The van der Waals surface area contributed by atoms with Crippen LogP contribution in [0, 0.1) is 5.82 Å². The first-order chi connectivity index (χ1) is 15.1. The lowest BCUT2D eigenvalue weighted by Crippen LogP contribution is -2.37. The summed E-state index contributed by atoms with van der Waals surface area (Å²) in [6.45, 7) is 9.62. The molecule has 0 spiro atoms. The molecule has 0 bridgehead atoms. The van der Waals surface area contributed by atoms with E-state index < -0.39 is 21.9 Å². The highest BCUT2D eigenvalue weighted by Crippen LogP contribution is 2.33. The van der Waals surface area contributed by atoms with Crippen molar-refractivity contribution >= 4 is 27.6 Å². The quantitative estimate of drug-likeness (QED) is 0.673. The molecular formula is C21H28FN5O4S. The summed E-state index contributed by atoms with van der Waals surface area (Å²) in [5.74, 6) is -0.194. The summed E-state index contributed by atoms with van der Waals surface area (Å²) < 4.78 is 47.0. The molecule has 2 N–H and O–H groups in total. The molecule has 2 aromatic rings. The van der Waals surface area contributed by atoms with Crippen LogP contribution in [0.4, 0.5) is 20.7 Å². The van der Waals surface area contributed by atoms with Crippen LogP contribution >= 0.6 is 0 Å². The number of hydrogen-bond acceptors (Lipinski definition) is 7. The number of urea groups is 1. The molecule has 1 aliphatic heterocycles. The molecule has 32 heavy (non-hydrogen) atoms. The third-order valence-corrected chi connectivity index (χ3v) is 6.43. The van der Waals surface area contributed by atoms with Gasteiger partial charge in [0, 0.05) is 24.8 Å². The van der Waals surface area contributed by atoms with Crippen molar-refractivity contribution < 1.29 is 22.3 Å². The second-order valence-electron chi connectivity index (χ2n) is 8.18. The van der Waals surface area contributed by atoms with E-state index in [2.05, 4.69) is 15.5 Å². The van der Waals surface area contributed by atoms with Crippen LogP contribution < -0.4 is 14.9 Å². The van der Waals surface area contributed by atoms with Crippen LogP contribution in [0.5, 0.6) is 0 Å². The van der Waals surface area contributed by atoms with Gasteiger partial charge in [-0.05, 0) is 35.1 Å². The number of sulfonamides is 1. The number of aromatic nitrogens is 2. The maximum atomic E-state index is 14.1. The lowest BCUT2D eigenvalue weighted by atomic mass is 9.92. The van der Waals surface area contributed by atoms with Gasteiger partial charge in [0.2, 0.25) is 0 Å². The molecule has 0 unspecified atom stereocenters. The fraction of sp³-hybridized carbons (Fsp3) is 0.476. The van der Waals surface area contributed by atoms with Gasteiger partial charge in [-0.3, -0.25) is 0 Å². The summed E-state index contributed by atoms with van der Waals surface area (Å²) in [4.78, 5) is 14.3. The molecule has 1 fully saturated rings. The second kappa shape index (κ2) is 9.78. The van der Waals surface area contributed by atoms with Crippen molar-refractivity contribution in [3.63, 3.8) is 0 Å². The number of anilines is 2. The maximum Gasteiger partial charge on any atom is 0.333 e. The first-order valence-corrected chi connectivity index (χ1v) is 11.9. The number of ether oxygens (including phenoxy) is 1. The first-order valence-electron chi connectivity index (χ1n) is 10.4. The number of nitrogens with zero attached hydrogens (tertiary/aromatic N) is 3. The van der Waals surface area contributed by atoms with Crippen molar-refractivity contribution in [2.75, 3.05) is 36.5 Å². The molecule has 1 saturated heterocycles. The van der Waals surface area contributed by atoms with Crippen molar-refractivity contribution in [1.29, 1.82) is 0 Å². The summed E-state index contributed by atoms with van der Waals surface area (Å²) in [5.41, 5.74) is 1.58. The van der Waals surface area contributed by atoms with E-state index in [1.54, 1.807) is 0 Å². The molecule has 0 aliphatic carbocycles. The van der Waals surface area contributed by atoms with Crippen LogP contribution in [0.1, 0.15) is 50.7 Å². The number of halogens is 1. The van der Waals surface area contributed by atoms with Crippen LogP contribution in [0.25, 0.3) is 0 Å². The number of carbonyl (C=O) groups excluding carboxylic acids is 1. The Hall–Kier alpha value is -2.79. The Morgan fingerprint density at radius 1 is 1.09 bits per heavy atom. The number of carbonyl (C=O) groups is 1. The average molecular weight is 466 g/mol. The number of nitrogens with one attached hydrogen (secondary N) is 2. The Bertz CT molecular complexity index is 1060. The molecule has 0 saturated carbocycles. The predicted molar refractivity (Wildman–Crippen MR) is 119 cm³/mol. The lowest BCUT2D eigenvalue weighted by molar-refractivity contribution is 0.122. The highest BCUT2D eigenvalue weighted by molar-refractivity contribution is 7.90. The zero-order chi connectivity index (χ0) is 23.5. The van der Waals surface area contributed by atoms with E-state index in [1.165, 1.54) is 18.2 Å². The molecule has 0 radical (unpaired) electrons. The molecule has 1 aromatic heterocycles. The van der Waals surface area contributed by atoms with Gasteiger partial charge < -0.3 is 15.0 Å². The van der Waals surface area contributed by atoms with Crippen LogP contribution in [-0.2, 0) is 14.8 Å². The minimum atomic E-state index is -4.21. The summed E-state index contributed by atoms with van der Waals surface area (Å²) in [7, 11) is -4.21. The Morgan fingerprint density at radius 3 is 2.25 bits per heavy atom. The lowest BCUT2D eigenvalue weighted by Gasteiger charge is -2.27. The maximum absolute atomic E-state index is 14.1. The summed E-state index contributed by atoms with van der Waals surface area (Å²) in [6, 6.07) is 3.12. The number of amides is 2. The SMILES string of the molecule is CC(C)c1cc(F)cc(C(C)C)c1NC(=O)NS(=O)(=O)c1cnnc(N2CCOCC2)c1.